The number of carboxylic acids is 1. The lowest BCUT2D eigenvalue weighted by Gasteiger charge is -1.96. The Morgan fingerprint density at radius 2 is 2.33 bits per heavy atom. The zero-order valence-corrected chi connectivity index (χ0v) is 6.73. The second kappa shape index (κ2) is 4.49. The number of aromatic nitrogens is 1. The van der Waals surface area contributed by atoms with Crippen LogP contribution in [0.15, 0.2) is 24.4 Å². The van der Waals surface area contributed by atoms with Crippen molar-refractivity contribution in [3.05, 3.63) is 30.1 Å². The summed E-state index contributed by atoms with van der Waals surface area (Å²) >= 11 is 0. The van der Waals surface area contributed by atoms with Crippen molar-refractivity contribution in [1.29, 1.82) is 0 Å². The van der Waals surface area contributed by atoms with Crippen molar-refractivity contribution < 1.29 is 9.90 Å². The monoisotopic (exact) mass is 165 g/mol. The number of rotatable bonds is 4. The van der Waals surface area contributed by atoms with Crippen LogP contribution in [0.1, 0.15) is 18.5 Å². The molecule has 0 saturated heterocycles. The molecule has 0 radical (unpaired) electrons. The quantitative estimate of drug-likeness (QED) is 0.735. The normalized spacial score (nSPS) is 9.67. The molecule has 0 bridgehead atoms. The summed E-state index contributed by atoms with van der Waals surface area (Å²) in [5, 5.41) is 8.37. The largest absolute Gasteiger partial charge is 0.481 e. The highest BCUT2D eigenvalue weighted by atomic mass is 16.4. The number of carbonyl (C=O) groups is 1. The Balaban J connectivity index is 2.29. The summed E-state index contributed by atoms with van der Waals surface area (Å²) in [6.07, 6.45) is 3.34. The molecule has 3 nitrogen and oxygen atoms in total. The molecule has 0 aromatic carbocycles. The third kappa shape index (κ3) is 3.14. The van der Waals surface area contributed by atoms with E-state index in [-0.39, 0.29) is 6.42 Å². The Labute approximate surface area is 71.1 Å². The number of pyridine rings is 1. The van der Waals surface area contributed by atoms with E-state index in [0.29, 0.717) is 6.42 Å². The molecule has 0 aliphatic heterocycles. The lowest BCUT2D eigenvalue weighted by atomic mass is 10.2. The van der Waals surface area contributed by atoms with Gasteiger partial charge in [-0.25, -0.2) is 0 Å². The first kappa shape index (κ1) is 8.71. The van der Waals surface area contributed by atoms with Gasteiger partial charge in [0.15, 0.2) is 0 Å². The minimum atomic E-state index is -0.745. The predicted molar refractivity (Wildman–Crippen MR) is 44.8 cm³/mol. The van der Waals surface area contributed by atoms with Crippen molar-refractivity contribution in [3.8, 4) is 0 Å². The molecule has 1 N–H and O–H groups in total. The molecule has 0 saturated carbocycles. The lowest BCUT2D eigenvalue weighted by molar-refractivity contribution is -0.137. The van der Waals surface area contributed by atoms with Crippen molar-refractivity contribution in [1.82, 2.24) is 4.98 Å². The number of hydrogen-bond donors (Lipinski definition) is 1. The lowest BCUT2D eigenvalue weighted by Crippen LogP contribution is -1.96. The van der Waals surface area contributed by atoms with Gasteiger partial charge in [-0.3, -0.25) is 9.78 Å². The van der Waals surface area contributed by atoms with E-state index in [1.54, 1.807) is 6.20 Å². The van der Waals surface area contributed by atoms with Crippen LogP contribution in [-0.4, -0.2) is 16.1 Å². The Kier molecular flexibility index (Phi) is 3.26. The predicted octanol–water partition coefficient (Wildman–Crippen LogP) is 1.49. The highest BCUT2D eigenvalue weighted by molar-refractivity contribution is 5.66. The molecule has 0 amide bonds. The smallest absolute Gasteiger partial charge is 0.303 e. The van der Waals surface area contributed by atoms with E-state index in [1.807, 2.05) is 18.2 Å². The average molecular weight is 165 g/mol. The molecule has 1 rings (SSSR count). The molecule has 0 fully saturated rings. The van der Waals surface area contributed by atoms with Crippen LogP contribution in [-0.2, 0) is 11.2 Å². The number of aliphatic carboxylic acids is 1. The second-order valence-electron chi connectivity index (χ2n) is 2.57. The second-order valence-corrected chi connectivity index (χ2v) is 2.57. The standard InChI is InChI=1S/C9H11NO2/c11-9(12)6-3-5-8-4-1-2-7-10-8/h1-2,4,7H,3,5-6H2,(H,11,12). The average Bonchev–Trinajstić information content (AvgIpc) is 2.05. The van der Waals surface area contributed by atoms with Crippen molar-refractivity contribution >= 4 is 5.97 Å². The number of hydrogen-bond acceptors (Lipinski definition) is 2. The van der Waals surface area contributed by atoms with E-state index in [0.717, 1.165) is 12.1 Å². The van der Waals surface area contributed by atoms with Gasteiger partial charge in [0.2, 0.25) is 0 Å². The third-order valence-electron chi connectivity index (χ3n) is 1.55. The molecule has 0 aliphatic carbocycles. The van der Waals surface area contributed by atoms with Gasteiger partial charge in [0, 0.05) is 18.3 Å². The van der Waals surface area contributed by atoms with Gasteiger partial charge in [0.25, 0.3) is 0 Å². The Hall–Kier alpha value is -1.38. The molecule has 0 aliphatic rings. The maximum Gasteiger partial charge on any atom is 0.303 e. The minimum absolute atomic E-state index is 0.219. The fourth-order valence-electron chi connectivity index (χ4n) is 0.967. The molecule has 0 unspecified atom stereocenters. The van der Waals surface area contributed by atoms with E-state index >= 15 is 0 Å². The van der Waals surface area contributed by atoms with Gasteiger partial charge in [0.05, 0.1) is 0 Å². The van der Waals surface area contributed by atoms with E-state index in [9.17, 15) is 4.79 Å². The molecular formula is C9H11NO2. The van der Waals surface area contributed by atoms with Crippen molar-refractivity contribution in [3.63, 3.8) is 0 Å². The van der Waals surface area contributed by atoms with Crippen LogP contribution >= 0.6 is 0 Å². The van der Waals surface area contributed by atoms with Gasteiger partial charge in [-0.05, 0) is 25.0 Å². The molecule has 1 aromatic heterocycles. The zero-order chi connectivity index (χ0) is 8.81. The Morgan fingerprint density at radius 1 is 1.50 bits per heavy atom. The maximum absolute atomic E-state index is 10.2. The van der Waals surface area contributed by atoms with E-state index in [4.69, 9.17) is 5.11 Å². The summed E-state index contributed by atoms with van der Waals surface area (Å²) in [6.45, 7) is 0. The summed E-state index contributed by atoms with van der Waals surface area (Å²) in [6, 6.07) is 5.66. The highest BCUT2D eigenvalue weighted by Crippen LogP contribution is 2.00. The molecule has 1 aromatic rings. The summed E-state index contributed by atoms with van der Waals surface area (Å²) in [5.41, 5.74) is 0.957. The first-order valence-corrected chi connectivity index (χ1v) is 3.91. The van der Waals surface area contributed by atoms with Gasteiger partial charge in [-0.1, -0.05) is 6.07 Å². The molecular weight excluding hydrogens is 154 g/mol. The van der Waals surface area contributed by atoms with Crippen LogP contribution in [0.2, 0.25) is 0 Å². The van der Waals surface area contributed by atoms with Gasteiger partial charge >= 0.3 is 5.97 Å². The topological polar surface area (TPSA) is 50.2 Å². The van der Waals surface area contributed by atoms with E-state index < -0.39 is 5.97 Å². The molecule has 0 atom stereocenters. The number of aryl methyl sites for hydroxylation is 1. The van der Waals surface area contributed by atoms with Crippen LogP contribution in [0, 0.1) is 0 Å². The number of nitrogens with zero attached hydrogens (tertiary/aromatic N) is 1. The Bertz CT molecular complexity index is 246. The Morgan fingerprint density at radius 3 is 2.92 bits per heavy atom. The molecule has 12 heavy (non-hydrogen) atoms. The third-order valence-corrected chi connectivity index (χ3v) is 1.55. The number of carboxylic acid groups (broad SMARTS) is 1. The van der Waals surface area contributed by atoms with Crippen LogP contribution in [0.4, 0.5) is 0 Å². The van der Waals surface area contributed by atoms with Gasteiger partial charge in [-0.2, -0.15) is 0 Å². The van der Waals surface area contributed by atoms with Crippen molar-refractivity contribution in [2.45, 2.75) is 19.3 Å². The zero-order valence-electron chi connectivity index (χ0n) is 6.73. The molecule has 64 valence electrons. The van der Waals surface area contributed by atoms with Crippen molar-refractivity contribution in [2.24, 2.45) is 0 Å². The first-order valence-electron chi connectivity index (χ1n) is 3.91. The summed E-state index contributed by atoms with van der Waals surface area (Å²) in [7, 11) is 0. The maximum atomic E-state index is 10.2. The van der Waals surface area contributed by atoms with Gasteiger partial charge in [0.1, 0.15) is 0 Å². The summed E-state index contributed by atoms with van der Waals surface area (Å²) < 4.78 is 0. The van der Waals surface area contributed by atoms with Crippen LogP contribution in [0.25, 0.3) is 0 Å². The molecule has 1 heterocycles. The minimum Gasteiger partial charge on any atom is -0.481 e. The van der Waals surface area contributed by atoms with Gasteiger partial charge < -0.3 is 5.11 Å². The van der Waals surface area contributed by atoms with Crippen LogP contribution < -0.4 is 0 Å². The SMILES string of the molecule is O=C(O)CCCc1ccccn1. The van der Waals surface area contributed by atoms with Crippen LogP contribution in [0.5, 0.6) is 0 Å². The summed E-state index contributed by atoms with van der Waals surface area (Å²) in [5.74, 6) is -0.745. The van der Waals surface area contributed by atoms with Gasteiger partial charge in [-0.15, -0.1) is 0 Å². The fourth-order valence-corrected chi connectivity index (χ4v) is 0.967. The van der Waals surface area contributed by atoms with Crippen LogP contribution in [0.3, 0.4) is 0 Å². The summed E-state index contributed by atoms with van der Waals surface area (Å²) in [4.78, 5) is 14.3. The fraction of sp³-hybridized carbons (Fsp3) is 0.333. The van der Waals surface area contributed by atoms with E-state index in [1.165, 1.54) is 0 Å². The molecule has 0 spiro atoms. The first-order chi connectivity index (χ1) is 5.79. The van der Waals surface area contributed by atoms with E-state index in [2.05, 4.69) is 4.98 Å². The molecule has 3 heteroatoms. The highest BCUT2D eigenvalue weighted by Gasteiger charge is 1.97. The van der Waals surface area contributed by atoms with Crippen molar-refractivity contribution in [2.75, 3.05) is 0 Å².